The molecule has 0 atom stereocenters. The molecule has 0 aliphatic carbocycles. The monoisotopic (exact) mass is 504 g/mol. The topological polar surface area (TPSA) is 129 Å². The lowest BCUT2D eigenvalue weighted by atomic mass is 10.2. The third-order valence-corrected chi connectivity index (χ3v) is 6.76. The number of carbonyl (C=O) groups is 3. The molecule has 3 heterocycles. The fourth-order valence-corrected chi connectivity index (χ4v) is 4.84. The molecule has 0 fully saturated rings. The SMILES string of the molecule is C=CCOC(=O)c1sc(NC(=O)Cn2cnc3sc(C(=O)OCC(C)C)c(C)c3c2=O)nc1C. The molecule has 34 heavy (non-hydrogen) atoms. The van der Waals surface area contributed by atoms with Crippen LogP contribution in [-0.2, 0) is 20.8 Å². The number of hydrogen-bond acceptors (Lipinski definition) is 10. The molecule has 0 unspecified atom stereocenters. The second kappa shape index (κ2) is 10.7. The number of nitrogens with one attached hydrogen (secondary N) is 1. The summed E-state index contributed by atoms with van der Waals surface area (Å²) in [6, 6.07) is 0. The lowest BCUT2D eigenvalue weighted by Gasteiger charge is -2.06. The highest BCUT2D eigenvalue weighted by atomic mass is 32.1. The summed E-state index contributed by atoms with van der Waals surface area (Å²) in [5.74, 6) is -1.40. The number of nitrogens with zero attached hydrogens (tertiary/aromatic N) is 3. The molecule has 3 aromatic rings. The summed E-state index contributed by atoms with van der Waals surface area (Å²) in [6.45, 7) is 10.6. The van der Waals surface area contributed by atoms with Crippen LogP contribution in [0.3, 0.4) is 0 Å². The first kappa shape index (κ1) is 25.2. The lowest BCUT2D eigenvalue weighted by Crippen LogP contribution is -2.27. The van der Waals surface area contributed by atoms with Crippen LogP contribution in [0.2, 0.25) is 0 Å². The van der Waals surface area contributed by atoms with Crippen LogP contribution in [0, 0.1) is 19.8 Å². The Hall–Kier alpha value is -3.38. The fraction of sp³-hybridized carbons (Fsp3) is 0.364. The maximum atomic E-state index is 13.0. The Morgan fingerprint density at radius 1 is 1.18 bits per heavy atom. The predicted molar refractivity (Wildman–Crippen MR) is 130 cm³/mol. The van der Waals surface area contributed by atoms with E-state index >= 15 is 0 Å². The molecule has 0 aliphatic rings. The first-order chi connectivity index (χ1) is 16.1. The van der Waals surface area contributed by atoms with Crippen molar-refractivity contribution in [3.63, 3.8) is 0 Å². The second-order valence-electron chi connectivity index (χ2n) is 7.78. The van der Waals surface area contributed by atoms with E-state index in [0.29, 0.717) is 21.0 Å². The Balaban J connectivity index is 1.77. The van der Waals surface area contributed by atoms with E-state index in [0.717, 1.165) is 27.2 Å². The standard InChI is InChI=1S/C22H24N4O6S2/c1-6-7-31-21(30)17-13(5)24-22(34-17)25-14(27)8-26-10-23-18-15(19(26)28)12(4)16(33-18)20(29)32-9-11(2)3/h6,10-11H,1,7-9H2,2-5H3,(H,24,25,27). The van der Waals surface area contributed by atoms with Gasteiger partial charge in [0.2, 0.25) is 5.91 Å². The average molecular weight is 505 g/mol. The number of anilines is 1. The van der Waals surface area contributed by atoms with Crippen LogP contribution < -0.4 is 10.9 Å². The molecule has 0 aromatic carbocycles. The number of thiazole rings is 1. The third kappa shape index (κ3) is 5.57. The molecule has 0 radical (unpaired) electrons. The van der Waals surface area contributed by atoms with Gasteiger partial charge in [0.1, 0.15) is 27.7 Å². The van der Waals surface area contributed by atoms with Gasteiger partial charge in [-0.25, -0.2) is 19.6 Å². The van der Waals surface area contributed by atoms with E-state index in [4.69, 9.17) is 9.47 Å². The largest absolute Gasteiger partial charge is 0.461 e. The molecule has 0 saturated heterocycles. The number of rotatable bonds is 9. The van der Waals surface area contributed by atoms with Crippen molar-refractivity contribution in [2.24, 2.45) is 5.92 Å². The number of fused-ring (bicyclic) bond motifs is 1. The molecule has 0 bridgehead atoms. The van der Waals surface area contributed by atoms with E-state index in [2.05, 4.69) is 21.9 Å². The van der Waals surface area contributed by atoms with Crippen molar-refractivity contribution in [1.82, 2.24) is 14.5 Å². The number of amides is 1. The van der Waals surface area contributed by atoms with Crippen LogP contribution in [0.1, 0.15) is 44.4 Å². The Morgan fingerprint density at radius 3 is 2.56 bits per heavy atom. The first-order valence-electron chi connectivity index (χ1n) is 10.3. The van der Waals surface area contributed by atoms with Crippen LogP contribution in [0.4, 0.5) is 5.13 Å². The summed E-state index contributed by atoms with van der Waals surface area (Å²) in [4.78, 5) is 59.4. The highest BCUT2D eigenvalue weighted by Gasteiger charge is 2.22. The zero-order valence-corrected chi connectivity index (χ0v) is 20.8. The summed E-state index contributed by atoms with van der Waals surface area (Å²) >= 11 is 2.06. The summed E-state index contributed by atoms with van der Waals surface area (Å²) in [7, 11) is 0. The van der Waals surface area contributed by atoms with Crippen LogP contribution in [0.15, 0.2) is 23.8 Å². The molecule has 180 valence electrons. The molecule has 3 rings (SSSR count). The summed E-state index contributed by atoms with van der Waals surface area (Å²) < 4.78 is 11.4. The van der Waals surface area contributed by atoms with Gasteiger partial charge in [-0.2, -0.15) is 0 Å². The average Bonchev–Trinajstić information content (AvgIpc) is 3.31. The van der Waals surface area contributed by atoms with Gasteiger partial charge >= 0.3 is 11.9 Å². The lowest BCUT2D eigenvalue weighted by molar-refractivity contribution is -0.116. The zero-order valence-electron chi connectivity index (χ0n) is 19.2. The van der Waals surface area contributed by atoms with Gasteiger partial charge < -0.3 is 14.8 Å². The van der Waals surface area contributed by atoms with Gasteiger partial charge in [0.05, 0.1) is 24.0 Å². The molecule has 10 nitrogen and oxygen atoms in total. The summed E-state index contributed by atoms with van der Waals surface area (Å²) in [6.07, 6.45) is 2.71. The molecular weight excluding hydrogens is 480 g/mol. The van der Waals surface area contributed by atoms with E-state index in [1.807, 2.05) is 13.8 Å². The number of ether oxygens (including phenoxy) is 2. The molecule has 3 aromatic heterocycles. The molecular formula is C22H24N4O6S2. The summed E-state index contributed by atoms with van der Waals surface area (Å²) in [5.41, 5.74) is 0.445. The zero-order chi connectivity index (χ0) is 25.0. The Bertz CT molecular complexity index is 1320. The van der Waals surface area contributed by atoms with Gasteiger partial charge in [0.15, 0.2) is 5.13 Å². The minimum atomic E-state index is -0.558. The van der Waals surface area contributed by atoms with Crippen LogP contribution >= 0.6 is 22.7 Å². The van der Waals surface area contributed by atoms with Crippen molar-refractivity contribution in [3.8, 4) is 0 Å². The van der Waals surface area contributed by atoms with Gasteiger partial charge in [-0.15, -0.1) is 11.3 Å². The van der Waals surface area contributed by atoms with Crippen LogP contribution in [-0.4, -0.2) is 45.6 Å². The fourth-order valence-electron chi connectivity index (χ4n) is 2.93. The maximum absolute atomic E-state index is 13.0. The van der Waals surface area contributed by atoms with Crippen LogP contribution in [0.5, 0.6) is 0 Å². The molecule has 12 heteroatoms. The number of esters is 2. The quantitative estimate of drug-likeness (QED) is 0.347. The van der Waals surface area contributed by atoms with Crippen molar-refractivity contribution in [1.29, 1.82) is 0 Å². The number of hydrogen-bond donors (Lipinski definition) is 1. The van der Waals surface area contributed by atoms with Gasteiger partial charge in [0, 0.05) is 0 Å². The first-order valence-corrected chi connectivity index (χ1v) is 12.0. The minimum Gasteiger partial charge on any atom is -0.461 e. The molecule has 0 spiro atoms. The van der Waals surface area contributed by atoms with Gasteiger partial charge in [-0.3, -0.25) is 14.2 Å². The van der Waals surface area contributed by atoms with Gasteiger partial charge in [-0.05, 0) is 25.3 Å². The number of carbonyl (C=O) groups excluding carboxylic acids is 3. The highest BCUT2D eigenvalue weighted by molar-refractivity contribution is 7.20. The van der Waals surface area contributed by atoms with E-state index in [9.17, 15) is 19.2 Å². The maximum Gasteiger partial charge on any atom is 0.350 e. The normalized spacial score (nSPS) is 11.0. The number of aryl methyl sites for hydroxylation is 2. The predicted octanol–water partition coefficient (Wildman–Crippen LogP) is 3.33. The second-order valence-corrected chi connectivity index (χ2v) is 9.77. The van der Waals surface area contributed by atoms with Crippen molar-refractivity contribution < 1.29 is 23.9 Å². The molecule has 0 aliphatic heterocycles. The van der Waals surface area contributed by atoms with Gasteiger partial charge in [0.25, 0.3) is 5.56 Å². The highest BCUT2D eigenvalue weighted by Crippen LogP contribution is 2.28. The van der Waals surface area contributed by atoms with E-state index in [1.54, 1.807) is 13.8 Å². The minimum absolute atomic E-state index is 0.0649. The molecule has 0 saturated carbocycles. The van der Waals surface area contributed by atoms with E-state index in [1.165, 1.54) is 12.4 Å². The van der Waals surface area contributed by atoms with Crippen molar-refractivity contribution in [2.45, 2.75) is 34.2 Å². The smallest absolute Gasteiger partial charge is 0.350 e. The Kier molecular flexibility index (Phi) is 7.94. The number of thiophene rings is 1. The van der Waals surface area contributed by atoms with Crippen molar-refractivity contribution in [3.05, 3.63) is 50.3 Å². The molecule has 1 amide bonds. The van der Waals surface area contributed by atoms with Crippen LogP contribution in [0.25, 0.3) is 10.2 Å². The van der Waals surface area contributed by atoms with Gasteiger partial charge in [-0.1, -0.05) is 37.8 Å². The van der Waals surface area contributed by atoms with Crippen molar-refractivity contribution in [2.75, 3.05) is 18.5 Å². The molecule has 1 N–H and O–H groups in total. The Morgan fingerprint density at radius 2 is 1.88 bits per heavy atom. The van der Waals surface area contributed by atoms with Crippen molar-refractivity contribution >= 4 is 55.9 Å². The Labute approximate surface area is 203 Å². The summed E-state index contributed by atoms with van der Waals surface area (Å²) in [5, 5.41) is 3.06. The van der Waals surface area contributed by atoms with E-state index in [-0.39, 0.29) is 41.1 Å². The van der Waals surface area contributed by atoms with E-state index < -0.39 is 23.4 Å². The third-order valence-electron chi connectivity index (χ3n) is 4.53. The number of aromatic nitrogens is 3.